The summed E-state index contributed by atoms with van der Waals surface area (Å²) < 4.78 is 2.22. The third-order valence-corrected chi connectivity index (χ3v) is 5.08. The minimum atomic E-state index is 0.0917. The second-order valence-corrected chi connectivity index (χ2v) is 7.10. The van der Waals surface area contributed by atoms with E-state index in [4.69, 9.17) is 16.6 Å². The lowest BCUT2D eigenvalue weighted by molar-refractivity contribution is -0.127. The van der Waals surface area contributed by atoms with Crippen LogP contribution in [0.15, 0.2) is 61.2 Å². The third kappa shape index (κ3) is 3.13. The van der Waals surface area contributed by atoms with E-state index in [9.17, 15) is 4.79 Å². The number of aromatic nitrogens is 2. The summed E-state index contributed by atoms with van der Waals surface area (Å²) in [4.78, 5) is 19.0. The maximum atomic E-state index is 12.3. The minimum absolute atomic E-state index is 0.0917. The highest BCUT2D eigenvalue weighted by Crippen LogP contribution is 2.31. The summed E-state index contributed by atoms with van der Waals surface area (Å²) in [6.07, 6.45) is 2.27. The van der Waals surface area contributed by atoms with Gasteiger partial charge in [-0.3, -0.25) is 4.79 Å². The third-order valence-electron chi connectivity index (χ3n) is 4.84. The van der Waals surface area contributed by atoms with Crippen LogP contribution in [0.5, 0.6) is 0 Å². The molecule has 5 heteroatoms. The van der Waals surface area contributed by atoms with Crippen LogP contribution in [0, 0.1) is 0 Å². The van der Waals surface area contributed by atoms with E-state index < -0.39 is 0 Å². The molecule has 0 unspecified atom stereocenters. The average Bonchev–Trinajstić information content (AvgIpc) is 3.17. The minimum Gasteiger partial charge on any atom is -0.338 e. The Labute approximate surface area is 157 Å². The molecule has 1 aromatic heterocycles. The Morgan fingerprint density at radius 2 is 2.08 bits per heavy atom. The van der Waals surface area contributed by atoms with Gasteiger partial charge in [0, 0.05) is 37.0 Å². The number of fused-ring (bicyclic) bond motifs is 1. The standard InChI is InChI=1S/C21H20ClN3O/c1-2-10-24-14-16(12-20(24)26)21-23-18-8-3-4-9-19(18)25(21)13-15-6-5-7-17(22)11-15/h2-9,11,16H,1,10,12-14H2/t16-/m1/s1. The number of rotatable bonds is 5. The summed E-state index contributed by atoms with van der Waals surface area (Å²) in [5, 5.41) is 0.724. The molecule has 4 rings (SSSR count). The second kappa shape index (κ2) is 6.96. The van der Waals surface area contributed by atoms with E-state index in [0.29, 0.717) is 26.1 Å². The van der Waals surface area contributed by atoms with Gasteiger partial charge in [0.2, 0.25) is 5.91 Å². The zero-order valence-corrected chi connectivity index (χ0v) is 15.2. The van der Waals surface area contributed by atoms with Gasteiger partial charge in [-0.25, -0.2) is 4.98 Å². The number of hydrogen-bond donors (Lipinski definition) is 0. The van der Waals surface area contributed by atoms with Crippen molar-refractivity contribution in [3.05, 3.63) is 77.6 Å². The number of halogens is 1. The summed E-state index contributed by atoms with van der Waals surface area (Å²) in [6.45, 7) is 5.70. The topological polar surface area (TPSA) is 38.1 Å². The molecule has 3 aromatic rings. The molecule has 0 radical (unpaired) electrons. The molecule has 0 spiro atoms. The Kier molecular flexibility index (Phi) is 4.51. The normalized spacial score (nSPS) is 17.2. The molecule has 1 aliphatic heterocycles. The van der Waals surface area contributed by atoms with Crippen molar-refractivity contribution in [1.29, 1.82) is 0 Å². The predicted molar refractivity (Wildman–Crippen MR) is 104 cm³/mol. The number of carbonyl (C=O) groups excluding carboxylic acids is 1. The molecule has 0 aliphatic carbocycles. The molecule has 1 fully saturated rings. The number of likely N-dealkylation sites (tertiary alicyclic amines) is 1. The predicted octanol–water partition coefficient (Wildman–Crippen LogP) is 4.24. The Morgan fingerprint density at radius 1 is 1.23 bits per heavy atom. The van der Waals surface area contributed by atoms with E-state index >= 15 is 0 Å². The van der Waals surface area contributed by atoms with Crippen molar-refractivity contribution in [1.82, 2.24) is 14.5 Å². The van der Waals surface area contributed by atoms with Crippen molar-refractivity contribution in [3.63, 3.8) is 0 Å². The highest BCUT2D eigenvalue weighted by molar-refractivity contribution is 6.30. The number of benzene rings is 2. The fraction of sp³-hybridized carbons (Fsp3) is 0.238. The van der Waals surface area contributed by atoms with Gasteiger partial charge in [0.15, 0.2) is 0 Å². The van der Waals surface area contributed by atoms with Crippen LogP contribution in [0.1, 0.15) is 23.7 Å². The average molecular weight is 366 g/mol. The summed E-state index contributed by atoms with van der Waals surface area (Å²) in [5.74, 6) is 1.22. The van der Waals surface area contributed by atoms with Crippen LogP contribution in [0.2, 0.25) is 5.02 Å². The van der Waals surface area contributed by atoms with Crippen LogP contribution < -0.4 is 0 Å². The molecule has 0 saturated carbocycles. The lowest BCUT2D eigenvalue weighted by atomic mass is 10.1. The van der Waals surface area contributed by atoms with E-state index in [2.05, 4.69) is 23.3 Å². The lowest BCUT2D eigenvalue weighted by Gasteiger charge is -2.16. The highest BCUT2D eigenvalue weighted by atomic mass is 35.5. The first kappa shape index (κ1) is 16.9. The largest absolute Gasteiger partial charge is 0.338 e. The first-order chi connectivity index (χ1) is 12.7. The molecule has 2 aromatic carbocycles. The van der Waals surface area contributed by atoms with Gasteiger partial charge >= 0.3 is 0 Å². The highest BCUT2D eigenvalue weighted by Gasteiger charge is 2.33. The molecule has 0 N–H and O–H groups in total. The van der Waals surface area contributed by atoms with Crippen molar-refractivity contribution >= 4 is 28.5 Å². The Bertz CT molecular complexity index is 978. The summed E-state index contributed by atoms with van der Waals surface area (Å²) >= 11 is 6.16. The first-order valence-corrected chi connectivity index (χ1v) is 9.12. The molecular formula is C21H20ClN3O. The van der Waals surface area contributed by atoms with Crippen LogP contribution >= 0.6 is 11.6 Å². The van der Waals surface area contributed by atoms with Gasteiger partial charge in [-0.15, -0.1) is 6.58 Å². The first-order valence-electron chi connectivity index (χ1n) is 8.74. The van der Waals surface area contributed by atoms with Gasteiger partial charge in [0.05, 0.1) is 11.0 Å². The number of imidazole rings is 1. The number of hydrogen-bond acceptors (Lipinski definition) is 2. The number of nitrogens with zero attached hydrogens (tertiary/aromatic N) is 3. The van der Waals surface area contributed by atoms with Gasteiger partial charge in [0.1, 0.15) is 5.82 Å². The van der Waals surface area contributed by atoms with E-state index in [0.717, 1.165) is 27.4 Å². The number of para-hydroxylation sites is 2. The maximum absolute atomic E-state index is 12.3. The molecule has 26 heavy (non-hydrogen) atoms. The van der Waals surface area contributed by atoms with Gasteiger partial charge in [-0.1, -0.05) is 41.9 Å². The van der Waals surface area contributed by atoms with Crippen LogP contribution in [0.25, 0.3) is 11.0 Å². The van der Waals surface area contributed by atoms with Crippen molar-refractivity contribution in [2.24, 2.45) is 0 Å². The molecule has 1 aliphatic rings. The Balaban J connectivity index is 1.75. The zero-order valence-electron chi connectivity index (χ0n) is 14.4. The Hall–Kier alpha value is -2.59. The molecular weight excluding hydrogens is 346 g/mol. The molecule has 4 nitrogen and oxygen atoms in total. The summed E-state index contributed by atoms with van der Waals surface area (Å²) in [7, 11) is 0. The van der Waals surface area contributed by atoms with Crippen molar-refractivity contribution in [3.8, 4) is 0 Å². The SMILES string of the molecule is C=CCN1C[C@H](c2nc3ccccc3n2Cc2cccc(Cl)c2)CC1=O. The van der Waals surface area contributed by atoms with Crippen LogP contribution in [-0.4, -0.2) is 33.4 Å². The summed E-state index contributed by atoms with van der Waals surface area (Å²) in [6, 6.07) is 16.0. The van der Waals surface area contributed by atoms with Crippen molar-refractivity contribution in [2.45, 2.75) is 18.9 Å². The van der Waals surface area contributed by atoms with Gasteiger partial charge < -0.3 is 9.47 Å². The van der Waals surface area contributed by atoms with Gasteiger partial charge in [-0.05, 0) is 29.8 Å². The summed E-state index contributed by atoms with van der Waals surface area (Å²) in [5.41, 5.74) is 3.16. The molecule has 1 atom stereocenters. The van der Waals surface area contributed by atoms with E-state index in [1.807, 2.05) is 41.3 Å². The second-order valence-electron chi connectivity index (χ2n) is 6.66. The molecule has 1 saturated heterocycles. The van der Waals surface area contributed by atoms with Crippen LogP contribution in [0.4, 0.5) is 0 Å². The monoisotopic (exact) mass is 365 g/mol. The van der Waals surface area contributed by atoms with Crippen molar-refractivity contribution < 1.29 is 4.79 Å². The van der Waals surface area contributed by atoms with E-state index in [-0.39, 0.29) is 11.8 Å². The quantitative estimate of drug-likeness (QED) is 0.634. The van der Waals surface area contributed by atoms with Gasteiger partial charge in [-0.2, -0.15) is 0 Å². The van der Waals surface area contributed by atoms with E-state index in [1.165, 1.54) is 0 Å². The number of amides is 1. The van der Waals surface area contributed by atoms with Gasteiger partial charge in [0.25, 0.3) is 0 Å². The molecule has 2 heterocycles. The maximum Gasteiger partial charge on any atom is 0.223 e. The van der Waals surface area contributed by atoms with Crippen LogP contribution in [-0.2, 0) is 11.3 Å². The molecule has 0 bridgehead atoms. The molecule has 1 amide bonds. The zero-order chi connectivity index (χ0) is 18.1. The van der Waals surface area contributed by atoms with Crippen molar-refractivity contribution in [2.75, 3.05) is 13.1 Å². The Morgan fingerprint density at radius 3 is 2.88 bits per heavy atom. The number of carbonyl (C=O) groups is 1. The molecule has 132 valence electrons. The smallest absolute Gasteiger partial charge is 0.223 e. The van der Waals surface area contributed by atoms with Crippen LogP contribution in [0.3, 0.4) is 0 Å². The fourth-order valence-electron chi connectivity index (χ4n) is 3.67. The fourth-order valence-corrected chi connectivity index (χ4v) is 3.88. The van der Waals surface area contributed by atoms with E-state index in [1.54, 1.807) is 6.08 Å². The lowest BCUT2D eigenvalue weighted by Crippen LogP contribution is -2.25.